The molecule has 2 rings (SSSR count). The molecule has 1 spiro atoms. The Morgan fingerprint density at radius 3 is 2.55 bits per heavy atom. The zero-order valence-corrected chi connectivity index (χ0v) is 8.28. The molecule has 1 aliphatic carbocycles. The number of nitrogens with zero attached hydrogens (tertiary/aromatic N) is 1. The van der Waals surface area contributed by atoms with Crippen LogP contribution < -0.4 is 0 Å². The fourth-order valence-corrected chi connectivity index (χ4v) is 2.49. The first-order chi connectivity index (χ1) is 5.26. The number of hydrogen-bond acceptors (Lipinski definition) is 2. The molecular weight excluding hydrogens is 154 g/mol. The van der Waals surface area contributed by atoms with Gasteiger partial charge in [-0.25, -0.2) is 0 Å². The van der Waals surface area contributed by atoms with Gasteiger partial charge < -0.3 is 0 Å². The maximum absolute atomic E-state index is 2.64. The van der Waals surface area contributed by atoms with Crippen LogP contribution in [0, 0.1) is 5.41 Å². The van der Waals surface area contributed by atoms with Crippen molar-refractivity contribution in [1.82, 2.24) is 4.90 Å². The minimum atomic E-state index is 0.745. The Hall–Kier alpha value is 0.310. The molecule has 0 bridgehead atoms. The lowest BCUT2D eigenvalue weighted by molar-refractivity contribution is 0.314. The van der Waals surface area contributed by atoms with Crippen LogP contribution >= 0.6 is 11.8 Å². The Balaban J connectivity index is 1.88. The van der Waals surface area contributed by atoms with Crippen LogP contribution in [0.3, 0.4) is 0 Å². The molecule has 1 atom stereocenters. The summed E-state index contributed by atoms with van der Waals surface area (Å²) in [4.78, 5) is 2.64. The summed E-state index contributed by atoms with van der Waals surface area (Å²) in [6.45, 7) is 5.06. The average Bonchev–Trinajstić information content (AvgIpc) is 2.61. The quantitative estimate of drug-likeness (QED) is 0.626. The first kappa shape index (κ1) is 7.93. The fourth-order valence-electron chi connectivity index (χ4n) is 2.01. The summed E-state index contributed by atoms with van der Waals surface area (Å²) >= 11 is 1.98. The van der Waals surface area contributed by atoms with Gasteiger partial charge in [0.25, 0.3) is 0 Å². The molecule has 2 heteroatoms. The maximum Gasteiger partial charge on any atom is 0.0526 e. The van der Waals surface area contributed by atoms with Crippen LogP contribution in [0.15, 0.2) is 0 Å². The van der Waals surface area contributed by atoms with E-state index in [2.05, 4.69) is 18.1 Å². The topological polar surface area (TPSA) is 3.24 Å². The highest BCUT2D eigenvalue weighted by atomic mass is 32.2. The van der Waals surface area contributed by atoms with E-state index < -0.39 is 0 Å². The van der Waals surface area contributed by atoms with Crippen LogP contribution in [0.5, 0.6) is 0 Å². The SMILES string of the molecule is CS[C@@H](C)N1CCC2(CC2)C1. The number of rotatable bonds is 2. The molecule has 0 aromatic rings. The van der Waals surface area contributed by atoms with Crippen molar-refractivity contribution < 1.29 is 0 Å². The Labute approximate surface area is 73.5 Å². The Kier molecular flexibility index (Phi) is 1.92. The van der Waals surface area contributed by atoms with E-state index in [0.29, 0.717) is 0 Å². The second-order valence-electron chi connectivity index (χ2n) is 4.06. The molecule has 1 aliphatic heterocycles. The van der Waals surface area contributed by atoms with Gasteiger partial charge in [-0.1, -0.05) is 0 Å². The molecule has 2 fully saturated rings. The summed E-state index contributed by atoms with van der Waals surface area (Å²) in [5, 5.41) is 0.745. The smallest absolute Gasteiger partial charge is 0.0526 e. The van der Waals surface area contributed by atoms with E-state index in [9.17, 15) is 0 Å². The van der Waals surface area contributed by atoms with Crippen LogP contribution in [-0.4, -0.2) is 29.6 Å². The predicted octanol–water partition coefficient (Wildman–Crippen LogP) is 2.18. The van der Waals surface area contributed by atoms with Crippen molar-refractivity contribution in [2.45, 2.75) is 31.6 Å². The molecule has 1 saturated carbocycles. The molecule has 0 aromatic heterocycles. The van der Waals surface area contributed by atoms with E-state index in [4.69, 9.17) is 0 Å². The zero-order valence-electron chi connectivity index (χ0n) is 7.47. The third-order valence-corrected chi connectivity index (χ3v) is 4.26. The summed E-state index contributed by atoms with van der Waals surface area (Å²) in [6.07, 6.45) is 6.69. The summed E-state index contributed by atoms with van der Waals surface area (Å²) in [5.41, 5.74) is 0.810. The minimum Gasteiger partial charge on any atom is -0.291 e. The van der Waals surface area contributed by atoms with Crippen molar-refractivity contribution in [2.75, 3.05) is 19.3 Å². The van der Waals surface area contributed by atoms with Crippen molar-refractivity contribution in [3.63, 3.8) is 0 Å². The number of hydrogen-bond donors (Lipinski definition) is 0. The molecule has 1 heterocycles. The molecule has 0 radical (unpaired) electrons. The minimum absolute atomic E-state index is 0.745. The third kappa shape index (κ3) is 1.43. The summed E-state index contributed by atoms with van der Waals surface area (Å²) in [5.74, 6) is 0. The van der Waals surface area contributed by atoms with Gasteiger partial charge in [0.15, 0.2) is 0 Å². The second kappa shape index (κ2) is 2.67. The van der Waals surface area contributed by atoms with Crippen LogP contribution in [0.1, 0.15) is 26.2 Å². The van der Waals surface area contributed by atoms with Gasteiger partial charge in [0.05, 0.1) is 5.37 Å². The molecule has 0 unspecified atom stereocenters. The molecule has 1 nitrogen and oxygen atoms in total. The van der Waals surface area contributed by atoms with E-state index in [-0.39, 0.29) is 0 Å². The molecule has 2 aliphatic rings. The van der Waals surface area contributed by atoms with Gasteiger partial charge in [-0.2, -0.15) is 0 Å². The largest absolute Gasteiger partial charge is 0.291 e. The first-order valence-corrected chi connectivity index (χ1v) is 5.81. The first-order valence-electron chi connectivity index (χ1n) is 4.53. The number of thioether (sulfide) groups is 1. The predicted molar refractivity (Wildman–Crippen MR) is 50.8 cm³/mol. The standard InChI is InChI=1S/C9H17NS/c1-8(11-2)10-6-5-9(7-10)3-4-9/h8H,3-7H2,1-2H3/t8-/m0/s1. The van der Waals surface area contributed by atoms with Gasteiger partial charge in [0.2, 0.25) is 0 Å². The van der Waals surface area contributed by atoms with Crippen LogP contribution in [0.2, 0.25) is 0 Å². The van der Waals surface area contributed by atoms with Gasteiger partial charge in [-0.3, -0.25) is 4.90 Å². The molecule has 64 valence electrons. The zero-order chi connectivity index (χ0) is 7.90. The highest BCUT2D eigenvalue weighted by Gasteiger charge is 2.48. The normalized spacial score (nSPS) is 31.1. The summed E-state index contributed by atoms with van der Waals surface area (Å²) in [6, 6.07) is 0. The molecule has 0 N–H and O–H groups in total. The Morgan fingerprint density at radius 2 is 2.09 bits per heavy atom. The van der Waals surface area contributed by atoms with Crippen molar-refractivity contribution in [1.29, 1.82) is 0 Å². The Morgan fingerprint density at radius 1 is 1.36 bits per heavy atom. The van der Waals surface area contributed by atoms with E-state index >= 15 is 0 Å². The van der Waals surface area contributed by atoms with Gasteiger partial charge in [0.1, 0.15) is 0 Å². The highest BCUT2D eigenvalue weighted by molar-refractivity contribution is 7.99. The molecular formula is C9H17NS. The van der Waals surface area contributed by atoms with E-state index in [1.54, 1.807) is 0 Å². The van der Waals surface area contributed by atoms with Crippen LogP contribution in [0.25, 0.3) is 0 Å². The van der Waals surface area contributed by atoms with Gasteiger partial charge in [-0.05, 0) is 44.4 Å². The van der Waals surface area contributed by atoms with Gasteiger partial charge in [0, 0.05) is 6.54 Å². The lowest BCUT2D eigenvalue weighted by atomic mass is 10.1. The molecule has 11 heavy (non-hydrogen) atoms. The lowest BCUT2D eigenvalue weighted by Crippen LogP contribution is -2.28. The van der Waals surface area contributed by atoms with Crippen LogP contribution in [-0.2, 0) is 0 Å². The van der Waals surface area contributed by atoms with E-state index in [0.717, 1.165) is 10.8 Å². The van der Waals surface area contributed by atoms with Crippen molar-refractivity contribution in [2.24, 2.45) is 5.41 Å². The van der Waals surface area contributed by atoms with Crippen LogP contribution in [0.4, 0.5) is 0 Å². The Bertz CT molecular complexity index is 154. The highest BCUT2D eigenvalue weighted by Crippen LogP contribution is 2.53. The monoisotopic (exact) mass is 171 g/mol. The number of likely N-dealkylation sites (tertiary alicyclic amines) is 1. The third-order valence-electron chi connectivity index (χ3n) is 3.28. The van der Waals surface area contributed by atoms with Gasteiger partial charge in [-0.15, -0.1) is 11.8 Å². The fraction of sp³-hybridized carbons (Fsp3) is 1.00. The molecule has 1 saturated heterocycles. The molecule has 0 aromatic carbocycles. The van der Waals surface area contributed by atoms with E-state index in [1.165, 1.54) is 32.4 Å². The second-order valence-corrected chi connectivity index (χ2v) is 5.21. The maximum atomic E-state index is 2.64. The summed E-state index contributed by atoms with van der Waals surface area (Å²) in [7, 11) is 0. The van der Waals surface area contributed by atoms with E-state index in [1.807, 2.05) is 11.8 Å². The van der Waals surface area contributed by atoms with Crippen molar-refractivity contribution in [3.05, 3.63) is 0 Å². The van der Waals surface area contributed by atoms with Crippen molar-refractivity contribution in [3.8, 4) is 0 Å². The van der Waals surface area contributed by atoms with Gasteiger partial charge >= 0.3 is 0 Å². The summed E-state index contributed by atoms with van der Waals surface area (Å²) < 4.78 is 0. The average molecular weight is 171 g/mol. The molecule has 0 amide bonds. The van der Waals surface area contributed by atoms with Crippen molar-refractivity contribution >= 4 is 11.8 Å². The lowest BCUT2D eigenvalue weighted by Gasteiger charge is -2.22.